The summed E-state index contributed by atoms with van der Waals surface area (Å²) in [5.41, 5.74) is 1.21. The molecule has 4 heteroatoms. The summed E-state index contributed by atoms with van der Waals surface area (Å²) >= 11 is 0. The van der Waals surface area contributed by atoms with Gasteiger partial charge in [0.05, 0.1) is 0 Å². The average Bonchev–Trinajstić information content (AvgIpc) is 2.31. The van der Waals surface area contributed by atoms with Gasteiger partial charge in [0.1, 0.15) is 0 Å². The number of aromatic nitrogens is 1. The third kappa shape index (κ3) is 1.38. The lowest BCUT2D eigenvalue weighted by atomic mass is 9.93. The van der Waals surface area contributed by atoms with E-state index in [0.29, 0.717) is 11.1 Å². The Morgan fingerprint density at radius 2 is 2.07 bits per heavy atom. The Labute approximate surface area is 87.5 Å². The maximum absolute atomic E-state index is 11.6. The molecule has 1 aromatic rings. The van der Waals surface area contributed by atoms with Crippen LogP contribution < -0.4 is 0 Å². The second-order valence-corrected chi connectivity index (χ2v) is 3.19. The predicted molar refractivity (Wildman–Crippen MR) is 53.4 cm³/mol. The number of hydrogen-bond acceptors (Lipinski definition) is 4. The van der Waals surface area contributed by atoms with Gasteiger partial charge in [-0.1, -0.05) is 0 Å². The topological polar surface area (TPSA) is 48.4 Å². The maximum Gasteiger partial charge on any atom is 0.217 e. The van der Waals surface area contributed by atoms with Crippen molar-refractivity contribution in [3.05, 3.63) is 41.7 Å². The Morgan fingerprint density at radius 1 is 1.33 bits per heavy atom. The highest BCUT2D eigenvalue weighted by Gasteiger charge is 2.36. The van der Waals surface area contributed by atoms with Crippen LogP contribution in [0.4, 0.5) is 0 Å². The van der Waals surface area contributed by atoms with Crippen molar-refractivity contribution in [1.82, 2.24) is 4.98 Å². The Balaban J connectivity index is 2.63. The highest BCUT2D eigenvalue weighted by molar-refractivity contribution is 6.07. The van der Waals surface area contributed by atoms with Crippen LogP contribution in [0.5, 0.6) is 0 Å². The van der Waals surface area contributed by atoms with Crippen molar-refractivity contribution in [3.63, 3.8) is 0 Å². The van der Waals surface area contributed by atoms with E-state index >= 15 is 0 Å². The number of rotatable bonds is 2. The molecule has 0 aliphatic heterocycles. The molecule has 1 aliphatic carbocycles. The number of hydrogen-bond donors (Lipinski definition) is 0. The Morgan fingerprint density at radius 3 is 2.73 bits per heavy atom. The molecule has 0 amide bonds. The molecule has 0 atom stereocenters. The highest BCUT2D eigenvalue weighted by Crippen LogP contribution is 2.33. The minimum absolute atomic E-state index is 0.0582. The van der Waals surface area contributed by atoms with Gasteiger partial charge < -0.3 is 9.47 Å². The first-order chi connectivity index (χ1) is 7.23. The molecule has 15 heavy (non-hydrogen) atoms. The lowest BCUT2D eigenvalue weighted by Gasteiger charge is -2.31. The molecule has 1 heterocycles. The maximum atomic E-state index is 11.6. The first-order valence-corrected chi connectivity index (χ1v) is 4.52. The SMILES string of the molecule is COC1(OC)C=CC(=O)c2ccncc21. The summed E-state index contributed by atoms with van der Waals surface area (Å²) in [5, 5.41) is 0. The first kappa shape index (κ1) is 10.0. The van der Waals surface area contributed by atoms with Crippen LogP contribution >= 0.6 is 0 Å². The quantitative estimate of drug-likeness (QED) is 0.682. The summed E-state index contributed by atoms with van der Waals surface area (Å²) < 4.78 is 10.6. The molecule has 4 nitrogen and oxygen atoms in total. The van der Waals surface area contributed by atoms with Crippen molar-refractivity contribution in [2.24, 2.45) is 0 Å². The number of methoxy groups -OCH3 is 2. The summed E-state index contributed by atoms with van der Waals surface area (Å²) in [5.74, 6) is -1.05. The van der Waals surface area contributed by atoms with Crippen LogP contribution in [0.25, 0.3) is 0 Å². The van der Waals surface area contributed by atoms with Crippen molar-refractivity contribution in [3.8, 4) is 0 Å². The number of carbonyl (C=O) groups is 1. The Hall–Kier alpha value is -1.52. The summed E-state index contributed by atoms with van der Waals surface area (Å²) in [6.07, 6.45) is 6.21. The van der Waals surface area contributed by atoms with Gasteiger partial charge in [-0.15, -0.1) is 0 Å². The number of ether oxygens (including phenoxy) is 2. The summed E-state index contributed by atoms with van der Waals surface area (Å²) in [7, 11) is 3.06. The Kier molecular flexibility index (Phi) is 2.38. The fraction of sp³-hybridized carbons (Fsp3) is 0.273. The molecule has 0 fully saturated rings. The molecule has 2 rings (SSSR count). The molecular weight excluding hydrogens is 194 g/mol. The second kappa shape index (κ2) is 3.56. The monoisotopic (exact) mass is 205 g/mol. The number of allylic oxidation sites excluding steroid dienone is 1. The van der Waals surface area contributed by atoms with Crippen LogP contribution in [-0.4, -0.2) is 25.0 Å². The smallest absolute Gasteiger partial charge is 0.217 e. The fourth-order valence-corrected chi connectivity index (χ4v) is 1.69. The standard InChI is InChI=1S/C11H11NO3/c1-14-11(15-2)5-3-10(13)8-4-6-12-7-9(8)11/h3-7H,1-2H3. The van der Waals surface area contributed by atoms with Gasteiger partial charge in [0.25, 0.3) is 0 Å². The van der Waals surface area contributed by atoms with E-state index in [9.17, 15) is 4.79 Å². The molecule has 1 aromatic heterocycles. The molecule has 0 unspecified atom stereocenters. The molecule has 78 valence electrons. The zero-order valence-corrected chi connectivity index (χ0v) is 8.56. The van der Waals surface area contributed by atoms with Crippen LogP contribution in [0.3, 0.4) is 0 Å². The number of ketones is 1. The third-order valence-corrected chi connectivity index (χ3v) is 2.52. The summed E-state index contributed by atoms with van der Waals surface area (Å²) in [6.45, 7) is 0. The normalized spacial score (nSPS) is 17.6. The van der Waals surface area contributed by atoms with Crippen LogP contribution in [0.1, 0.15) is 15.9 Å². The molecular formula is C11H11NO3. The van der Waals surface area contributed by atoms with Crippen LogP contribution in [-0.2, 0) is 15.3 Å². The molecule has 0 saturated heterocycles. The second-order valence-electron chi connectivity index (χ2n) is 3.19. The van der Waals surface area contributed by atoms with E-state index in [-0.39, 0.29) is 5.78 Å². The van der Waals surface area contributed by atoms with Gasteiger partial charge in [-0.2, -0.15) is 0 Å². The largest absolute Gasteiger partial charge is 0.346 e. The van der Waals surface area contributed by atoms with E-state index in [2.05, 4.69) is 4.98 Å². The Bertz CT molecular complexity index is 422. The number of fused-ring (bicyclic) bond motifs is 1. The van der Waals surface area contributed by atoms with Crippen molar-refractivity contribution in [2.75, 3.05) is 14.2 Å². The fourth-order valence-electron chi connectivity index (χ4n) is 1.69. The van der Waals surface area contributed by atoms with Crippen LogP contribution in [0.15, 0.2) is 30.6 Å². The minimum atomic E-state index is -0.989. The third-order valence-electron chi connectivity index (χ3n) is 2.52. The molecule has 0 bridgehead atoms. The molecule has 0 N–H and O–H groups in total. The molecule has 0 aromatic carbocycles. The molecule has 0 radical (unpaired) electrons. The molecule has 0 spiro atoms. The highest BCUT2D eigenvalue weighted by atomic mass is 16.7. The van der Waals surface area contributed by atoms with E-state index in [1.807, 2.05) is 0 Å². The van der Waals surface area contributed by atoms with E-state index in [1.165, 1.54) is 20.3 Å². The minimum Gasteiger partial charge on any atom is -0.346 e. The molecule has 0 saturated carbocycles. The van der Waals surface area contributed by atoms with E-state index in [1.54, 1.807) is 24.5 Å². The number of pyridine rings is 1. The molecule has 1 aliphatic rings. The lowest BCUT2D eigenvalue weighted by Crippen LogP contribution is -2.33. The van der Waals surface area contributed by atoms with Crippen LogP contribution in [0, 0.1) is 0 Å². The zero-order chi connectivity index (χ0) is 10.9. The van der Waals surface area contributed by atoms with Crippen molar-refractivity contribution >= 4 is 5.78 Å². The van der Waals surface area contributed by atoms with Crippen molar-refractivity contribution in [1.29, 1.82) is 0 Å². The zero-order valence-electron chi connectivity index (χ0n) is 8.56. The first-order valence-electron chi connectivity index (χ1n) is 4.52. The average molecular weight is 205 g/mol. The predicted octanol–water partition coefficient (Wildman–Crippen LogP) is 1.28. The number of carbonyl (C=O) groups excluding carboxylic acids is 1. The van der Waals surface area contributed by atoms with Gasteiger partial charge in [0, 0.05) is 37.7 Å². The van der Waals surface area contributed by atoms with Gasteiger partial charge in [0.2, 0.25) is 5.79 Å². The van der Waals surface area contributed by atoms with Gasteiger partial charge in [-0.05, 0) is 18.2 Å². The van der Waals surface area contributed by atoms with E-state index < -0.39 is 5.79 Å². The van der Waals surface area contributed by atoms with Crippen LogP contribution in [0.2, 0.25) is 0 Å². The van der Waals surface area contributed by atoms with Gasteiger partial charge in [0.15, 0.2) is 5.78 Å². The lowest BCUT2D eigenvalue weighted by molar-refractivity contribution is -0.178. The van der Waals surface area contributed by atoms with E-state index in [4.69, 9.17) is 9.47 Å². The summed E-state index contributed by atoms with van der Waals surface area (Å²) in [4.78, 5) is 15.6. The van der Waals surface area contributed by atoms with E-state index in [0.717, 1.165) is 0 Å². The summed E-state index contributed by atoms with van der Waals surface area (Å²) in [6, 6.07) is 1.66. The van der Waals surface area contributed by atoms with Gasteiger partial charge >= 0.3 is 0 Å². The van der Waals surface area contributed by atoms with Gasteiger partial charge in [-0.25, -0.2) is 0 Å². The van der Waals surface area contributed by atoms with Crippen molar-refractivity contribution < 1.29 is 14.3 Å². The van der Waals surface area contributed by atoms with Crippen molar-refractivity contribution in [2.45, 2.75) is 5.79 Å². The number of nitrogens with zero attached hydrogens (tertiary/aromatic N) is 1. The van der Waals surface area contributed by atoms with Gasteiger partial charge in [-0.3, -0.25) is 9.78 Å².